The van der Waals surface area contributed by atoms with Crippen LogP contribution >= 0.6 is 0 Å². The van der Waals surface area contributed by atoms with E-state index in [4.69, 9.17) is 23.7 Å². The Kier molecular flexibility index (Phi) is 5.62. The van der Waals surface area contributed by atoms with E-state index in [2.05, 4.69) is 37.0 Å². The predicted molar refractivity (Wildman–Crippen MR) is 140 cm³/mol. The van der Waals surface area contributed by atoms with Gasteiger partial charge in [-0.25, -0.2) is 0 Å². The lowest BCUT2D eigenvalue weighted by Gasteiger charge is -2.46. The molecule has 2 aromatic rings. The molecule has 0 bridgehead atoms. The maximum Gasteiger partial charge on any atom is 0.203 e. The van der Waals surface area contributed by atoms with Crippen molar-refractivity contribution in [1.82, 2.24) is 4.90 Å². The zero-order chi connectivity index (χ0) is 25.9. The first-order chi connectivity index (χ1) is 17.8. The number of allylic oxidation sites excluding steroid dienone is 3. The van der Waals surface area contributed by atoms with Crippen molar-refractivity contribution in [3.05, 3.63) is 58.3 Å². The molecule has 7 heteroatoms. The van der Waals surface area contributed by atoms with E-state index < -0.39 is 0 Å². The fraction of sp³-hybridized carbons (Fsp3) is 0.433. The van der Waals surface area contributed by atoms with Gasteiger partial charge in [-0.1, -0.05) is 13.8 Å². The highest BCUT2D eigenvalue weighted by Crippen LogP contribution is 2.52. The van der Waals surface area contributed by atoms with Gasteiger partial charge in [0.25, 0.3) is 0 Å². The van der Waals surface area contributed by atoms with Crippen LogP contribution in [0.1, 0.15) is 49.3 Å². The van der Waals surface area contributed by atoms with E-state index >= 15 is 0 Å². The lowest BCUT2D eigenvalue weighted by Crippen LogP contribution is -2.40. The largest absolute Gasteiger partial charge is 0.493 e. The van der Waals surface area contributed by atoms with Crippen LogP contribution in [-0.2, 0) is 11.2 Å². The number of Topliss-reactive ketones (excluding diaryl/α,β-unsaturated/α-hetero) is 1. The number of carbonyl (C=O) groups excluding carboxylic acids is 1. The van der Waals surface area contributed by atoms with Crippen molar-refractivity contribution in [3.63, 3.8) is 0 Å². The maximum absolute atomic E-state index is 13.7. The van der Waals surface area contributed by atoms with E-state index in [1.54, 1.807) is 21.3 Å². The average Bonchev–Trinajstić information content (AvgIpc) is 2.90. The first kappa shape index (κ1) is 23.8. The number of nitrogens with zero attached hydrogens (tertiary/aromatic N) is 1. The van der Waals surface area contributed by atoms with Crippen LogP contribution in [-0.4, -0.2) is 51.8 Å². The Bertz CT molecular complexity index is 1340. The zero-order valence-electron chi connectivity index (χ0n) is 22.1. The fourth-order valence-corrected chi connectivity index (χ4v) is 6.20. The van der Waals surface area contributed by atoms with Crippen molar-refractivity contribution in [2.45, 2.75) is 39.0 Å². The standard InChI is InChI=1S/C30H33NO6/c1-30(2)15-22-28(23(32)16-30)20(18-11-26(35-5)29-27(12-18)36-8-9-37-29)13-21-19-14-25(34-4)24(33-3)10-17(19)6-7-31(21)22/h10-14,20H,6-9,15-16H2,1-5H3/t20-/m0/s1. The van der Waals surface area contributed by atoms with Gasteiger partial charge < -0.3 is 28.6 Å². The number of hydrogen-bond acceptors (Lipinski definition) is 7. The molecule has 2 aromatic carbocycles. The normalized spacial score (nSPS) is 21.4. The molecule has 1 aliphatic carbocycles. The summed E-state index contributed by atoms with van der Waals surface area (Å²) in [6.07, 6.45) is 4.46. The van der Waals surface area contributed by atoms with Crippen LogP contribution in [0.2, 0.25) is 0 Å². The van der Waals surface area contributed by atoms with E-state index in [0.29, 0.717) is 42.6 Å². The summed E-state index contributed by atoms with van der Waals surface area (Å²) in [4.78, 5) is 16.1. The molecule has 0 saturated carbocycles. The summed E-state index contributed by atoms with van der Waals surface area (Å²) in [6, 6.07) is 8.13. The van der Waals surface area contributed by atoms with E-state index in [-0.39, 0.29) is 17.1 Å². The number of fused-ring (bicyclic) bond motifs is 5. The molecule has 0 unspecified atom stereocenters. The number of rotatable bonds is 4. The third-order valence-electron chi connectivity index (χ3n) is 7.85. The number of ketones is 1. The second-order valence-corrected chi connectivity index (χ2v) is 10.8. The van der Waals surface area contributed by atoms with E-state index in [1.807, 2.05) is 12.1 Å². The molecule has 0 aromatic heterocycles. The first-order valence-electron chi connectivity index (χ1n) is 12.8. The van der Waals surface area contributed by atoms with Crippen molar-refractivity contribution in [3.8, 4) is 28.7 Å². The minimum atomic E-state index is -0.228. The molecule has 3 aliphatic heterocycles. The molecule has 194 valence electrons. The summed E-state index contributed by atoms with van der Waals surface area (Å²) in [5.41, 5.74) is 6.28. The molecule has 0 N–H and O–H groups in total. The minimum absolute atomic E-state index is 0.106. The number of methoxy groups -OCH3 is 3. The lowest BCUT2D eigenvalue weighted by atomic mass is 9.69. The lowest BCUT2D eigenvalue weighted by molar-refractivity contribution is -0.118. The van der Waals surface area contributed by atoms with Crippen molar-refractivity contribution in [1.29, 1.82) is 0 Å². The van der Waals surface area contributed by atoms with Crippen LogP contribution in [0.5, 0.6) is 28.7 Å². The first-order valence-corrected chi connectivity index (χ1v) is 12.8. The van der Waals surface area contributed by atoms with Crippen LogP contribution in [0, 0.1) is 5.41 Å². The van der Waals surface area contributed by atoms with Crippen LogP contribution in [0.25, 0.3) is 5.70 Å². The van der Waals surface area contributed by atoms with Gasteiger partial charge in [-0.05, 0) is 59.7 Å². The van der Waals surface area contributed by atoms with Crippen LogP contribution in [0.15, 0.2) is 41.6 Å². The molecule has 4 aliphatic rings. The van der Waals surface area contributed by atoms with E-state index in [1.165, 1.54) is 5.56 Å². The molecule has 37 heavy (non-hydrogen) atoms. The number of benzene rings is 2. The third kappa shape index (κ3) is 3.83. The molecule has 7 nitrogen and oxygen atoms in total. The van der Waals surface area contributed by atoms with Crippen molar-refractivity contribution in [2.75, 3.05) is 41.1 Å². The van der Waals surface area contributed by atoms with E-state index in [9.17, 15) is 4.79 Å². The SMILES string of the molecule is COc1cc2c(cc1OC)C1=C[C@@H](c3cc(OC)c4c(c3)OCCO4)C3=C(CC(C)(C)CC3=O)N1CC2. The second-order valence-electron chi connectivity index (χ2n) is 10.8. The molecule has 0 radical (unpaired) electrons. The van der Waals surface area contributed by atoms with Crippen molar-refractivity contribution < 1.29 is 28.5 Å². The molecule has 0 spiro atoms. The molecule has 3 heterocycles. The summed E-state index contributed by atoms with van der Waals surface area (Å²) in [5, 5.41) is 0. The fourth-order valence-electron chi connectivity index (χ4n) is 6.20. The second kappa shape index (κ2) is 8.75. The van der Waals surface area contributed by atoms with Gasteiger partial charge in [-0.3, -0.25) is 4.79 Å². The van der Waals surface area contributed by atoms with Crippen LogP contribution in [0.3, 0.4) is 0 Å². The van der Waals surface area contributed by atoms with Gasteiger partial charge in [-0.2, -0.15) is 0 Å². The number of ether oxygens (including phenoxy) is 5. The summed E-state index contributed by atoms with van der Waals surface area (Å²) in [5.74, 6) is 3.30. The number of carbonyl (C=O) groups is 1. The highest BCUT2D eigenvalue weighted by atomic mass is 16.6. The third-order valence-corrected chi connectivity index (χ3v) is 7.85. The summed E-state index contributed by atoms with van der Waals surface area (Å²) in [7, 11) is 4.96. The quantitative estimate of drug-likeness (QED) is 0.574. The zero-order valence-corrected chi connectivity index (χ0v) is 22.1. The van der Waals surface area contributed by atoms with Gasteiger partial charge in [0.15, 0.2) is 28.8 Å². The van der Waals surface area contributed by atoms with Crippen molar-refractivity contribution >= 4 is 11.5 Å². The minimum Gasteiger partial charge on any atom is -0.493 e. The van der Waals surface area contributed by atoms with Crippen molar-refractivity contribution in [2.24, 2.45) is 5.41 Å². The van der Waals surface area contributed by atoms with Gasteiger partial charge >= 0.3 is 0 Å². The smallest absolute Gasteiger partial charge is 0.203 e. The van der Waals surface area contributed by atoms with Gasteiger partial charge in [0, 0.05) is 41.4 Å². The Balaban J connectivity index is 1.56. The monoisotopic (exact) mass is 503 g/mol. The average molecular weight is 504 g/mol. The van der Waals surface area contributed by atoms with Gasteiger partial charge in [0.1, 0.15) is 13.2 Å². The molecule has 0 saturated heterocycles. The molecule has 6 rings (SSSR count). The van der Waals surface area contributed by atoms with Gasteiger partial charge in [0.2, 0.25) is 5.75 Å². The molecule has 0 amide bonds. The van der Waals surface area contributed by atoms with Gasteiger partial charge in [0.05, 0.1) is 21.3 Å². The maximum atomic E-state index is 13.7. The molecular weight excluding hydrogens is 470 g/mol. The molecule has 0 fully saturated rings. The highest BCUT2D eigenvalue weighted by molar-refractivity contribution is 6.01. The topological polar surface area (TPSA) is 66.5 Å². The Morgan fingerprint density at radius 2 is 1.65 bits per heavy atom. The Morgan fingerprint density at radius 3 is 2.41 bits per heavy atom. The van der Waals surface area contributed by atoms with Gasteiger partial charge in [-0.15, -0.1) is 0 Å². The summed E-state index contributed by atoms with van der Waals surface area (Å²) < 4.78 is 28.7. The molecular formula is C30H33NO6. The summed E-state index contributed by atoms with van der Waals surface area (Å²) in [6.45, 7) is 6.14. The van der Waals surface area contributed by atoms with Crippen LogP contribution < -0.4 is 23.7 Å². The summed E-state index contributed by atoms with van der Waals surface area (Å²) >= 11 is 0. The molecule has 1 atom stereocenters. The number of hydrogen-bond donors (Lipinski definition) is 0. The highest BCUT2D eigenvalue weighted by Gasteiger charge is 2.43. The Morgan fingerprint density at radius 1 is 0.919 bits per heavy atom. The van der Waals surface area contributed by atoms with E-state index in [0.717, 1.165) is 53.2 Å². The Hall–Kier alpha value is -3.61. The Labute approximate surface area is 217 Å². The predicted octanol–water partition coefficient (Wildman–Crippen LogP) is 5.12. The van der Waals surface area contributed by atoms with Crippen LogP contribution in [0.4, 0.5) is 0 Å².